The maximum atomic E-state index is 12.7. The maximum Gasteiger partial charge on any atom is 0.335 e. The quantitative estimate of drug-likeness (QED) is 0.795. The lowest BCUT2D eigenvalue weighted by atomic mass is 9.99. The fourth-order valence-electron chi connectivity index (χ4n) is 2.58. The van der Waals surface area contributed by atoms with Gasteiger partial charge in [-0.15, -0.1) is 0 Å². The molecule has 1 aliphatic heterocycles. The number of benzene rings is 1. The molecule has 1 aliphatic carbocycles. The van der Waals surface area contributed by atoms with Crippen LogP contribution in [0.1, 0.15) is 19.8 Å². The number of carbonyl (C=O) groups is 3. The highest BCUT2D eigenvalue weighted by atomic mass is 16.2. The van der Waals surface area contributed by atoms with E-state index in [0.717, 1.165) is 17.7 Å². The lowest BCUT2D eigenvalue weighted by Gasteiger charge is -2.30. The predicted molar refractivity (Wildman–Crippen MR) is 79.7 cm³/mol. The molecule has 1 aromatic rings. The topological polar surface area (TPSA) is 83.1 Å². The summed E-state index contributed by atoms with van der Waals surface area (Å²) >= 11 is 0. The highest BCUT2D eigenvalue weighted by Crippen LogP contribution is 2.23. The number of amides is 4. The highest BCUT2D eigenvalue weighted by Gasteiger charge is 2.46. The monoisotopic (exact) mass is 300 g/mol. The van der Waals surface area contributed by atoms with Crippen molar-refractivity contribution in [2.75, 3.05) is 4.90 Å². The van der Waals surface area contributed by atoms with Crippen LogP contribution in [0.3, 0.4) is 0 Å². The summed E-state index contributed by atoms with van der Waals surface area (Å²) in [4.78, 5) is 38.0. The van der Waals surface area contributed by atoms with Crippen LogP contribution in [0.5, 0.6) is 0 Å². The normalized spacial score (nSPS) is 22.8. The first kappa shape index (κ1) is 14.5. The minimum absolute atomic E-state index is 0.439. The summed E-state index contributed by atoms with van der Waals surface area (Å²) in [7, 11) is 0. The Balaban J connectivity index is 1.91. The number of imide groups is 2. The molecule has 1 heterocycles. The number of para-hydroxylation sites is 1. The highest BCUT2D eigenvalue weighted by molar-refractivity contribution is 6.28. The number of nitrogens with zero attached hydrogens (tertiary/aromatic N) is 1. The fraction of sp³-hybridized carbons (Fsp3) is 0.312. The molecule has 0 aromatic heterocycles. The number of allylic oxidation sites excluding steroid dienone is 1. The van der Waals surface area contributed by atoms with Gasteiger partial charge in [-0.1, -0.05) is 18.2 Å². The van der Waals surface area contributed by atoms with Crippen molar-refractivity contribution in [3.05, 3.63) is 42.1 Å². The number of carbonyl (C=O) groups excluding carboxylic acids is 3. The van der Waals surface area contributed by atoms with E-state index < -0.39 is 23.8 Å². The SMILES string of the molecule is C/C=C(/[NH2+]C1CC1)[C@H]1C(=O)NC(=O)N(c2ccccc2)C1=O. The summed E-state index contributed by atoms with van der Waals surface area (Å²) in [5.74, 6) is -2.00. The molecular formula is C16H18N3O3+. The Morgan fingerprint density at radius 1 is 1.23 bits per heavy atom. The van der Waals surface area contributed by atoms with E-state index in [9.17, 15) is 14.4 Å². The molecule has 3 rings (SSSR count). The van der Waals surface area contributed by atoms with Crippen LogP contribution in [0.4, 0.5) is 10.5 Å². The molecule has 2 aliphatic rings. The largest absolute Gasteiger partial charge is 0.335 e. The van der Waals surface area contributed by atoms with E-state index in [-0.39, 0.29) is 0 Å². The van der Waals surface area contributed by atoms with Crippen molar-refractivity contribution < 1.29 is 19.7 Å². The van der Waals surface area contributed by atoms with Crippen molar-refractivity contribution in [3.8, 4) is 0 Å². The van der Waals surface area contributed by atoms with Gasteiger partial charge < -0.3 is 5.32 Å². The first-order valence-corrected chi connectivity index (χ1v) is 7.36. The average Bonchev–Trinajstić information content (AvgIpc) is 3.31. The second-order valence-corrected chi connectivity index (χ2v) is 5.53. The fourth-order valence-corrected chi connectivity index (χ4v) is 2.58. The molecule has 0 bridgehead atoms. The van der Waals surface area contributed by atoms with Gasteiger partial charge in [0.1, 0.15) is 5.70 Å². The van der Waals surface area contributed by atoms with Gasteiger partial charge in [0.15, 0.2) is 5.92 Å². The van der Waals surface area contributed by atoms with Crippen molar-refractivity contribution >= 4 is 23.5 Å². The molecule has 0 radical (unpaired) electrons. The number of hydrogen-bond donors (Lipinski definition) is 2. The van der Waals surface area contributed by atoms with Crippen LogP contribution in [0, 0.1) is 5.92 Å². The number of rotatable bonds is 4. The minimum Gasteiger partial charge on any atom is -0.314 e. The Kier molecular flexibility index (Phi) is 3.77. The molecular weight excluding hydrogens is 282 g/mol. The van der Waals surface area contributed by atoms with Gasteiger partial charge in [0.05, 0.1) is 11.7 Å². The third-order valence-electron chi connectivity index (χ3n) is 3.89. The first-order chi connectivity index (χ1) is 10.6. The van der Waals surface area contributed by atoms with Gasteiger partial charge in [0, 0.05) is 12.8 Å². The number of nitrogens with one attached hydrogen (secondary N) is 1. The summed E-state index contributed by atoms with van der Waals surface area (Å²) in [6, 6.07) is 8.38. The van der Waals surface area contributed by atoms with E-state index in [1.54, 1.807) is 43.3 Å². The van der Waals surface area contributed by atoms with Crippen molar-refractivity contribution in [2.24, 2.45) is 5.92 Å². The van der Waals surface area contributed by atoms with Gasteiger partial charge >= 0.3 is 6.03 Å². The lowest BCUT2D eigenvalue weighted by Crippen LogP contribution is -2.86. The molecule has 1 saturated carbocycles. The van der Waals surface area contributed by atoms with Gasteiger partial charge in [-0.3, -0.25) is 14.9 Å². The number of urea groups is 1. The van der Waals surface area contributed by atoms with E-state index in [0.29, 0.717) is 17.4 Å². The number of barbiturate groups is 1. The number of quaternary nitrogens is 1. The molecule has 1 saturated heterocycles. The van der Waals surface area contributed by atoms with Crippen LogP contribution >= 0.6 is 0 Å². The zero-order chi connectivity index (χ0) is 15.7. The second kappa shape index (κ2) is 5.73. The Morgan fingerprint density at radius 2 is 1.91 bits per heavy atom. The molecule has 6 heteroatoms. The Morgan fingerprint density at radius 3 is 2.50 bits per heavy atom. The Labute approximate surface area is 128 Å². The molecule has 1 aromatic carbocycles. The number of hydrogen-bond acceptors (Lipinski definition) is 3. The van der Waals surface area contributed by atoms with Crippen LogP contribution in [-0.4, -0.2) is 23.9 Å². The molecule has 4 amide bonds. The number of nitrogens with two attached hydrogens (primary N) is 1. The van der Waals surface area contributed by atoms with E-state index in [4.69, 9.17) is 0 Å². The molecule has 114 valence electrons. The van der Waals surface area contributed by atoms with E-state index in [2.05, 4.69) is 5.32 Å². The Hall–Kier alpha value is -2.47. The zero-order valence-corrected chi connectivity index (χ0v) is 12.3. The number of anilines is 1. The van der Waals surface area contributed by atoms with Gasteiger partial charge in [0.25, 0.3) is 11.8 Å². The Bertz CT molecular complexity index is 650. The summed E-state index contributed by atoms with van der Waals surface area (Å²) in [6.45, 7) is 1.80. The van der Waals surface area contributed by atoms with Gasteiger partial charge in [-0.25, -0.2) is 9.69 Å². The third-order valence-corrected chi connectivity index (χ3v) is 3.89. The summed E-state index contributed by atoms with van der Waals surface area (Å²) in [6.07, 6.45) is 3.95. The van der Waals surface area contributed by atoms with E-state index in [1.807, 2.05) is 5.32 Å². The third kappa shape index (κ3) is 2.65. The van der Waals surface area contributed by atoms with Gasteiger partial charge in [0.2, 0.25) is 0 Å². The zero-order valence-electron chi connectivity index (χ0n) is 12.3. The molecule has 0 spiro atoms. The molecule has 6 nitrogen and oxygen atoms in total. The molecule has 2 fully saturated rings. The predicted octanol–water partition coefficient (Wildman–Crippen LogP) is 0.515. The first-order valence-electron chi connectivity index (χ1n) is 7.36. The molecule has 3 N–H and O–H groups in total. The van der Waals surface area contributed by atoms with Crippen LogP contribution in [0.25, 0.3) is 0 Å². The summed E-state index contributed by atoms with van der Waals surface area (Å²) < 4.78 is 0. The van der Waals surface area contributed by atoms with Crippen LogP contribution in [0.15, 0.2) is 42.1 Å². The van der Waals surface area contributed by atoms with Crippen LogP contribution in [0.2, 0.25) is 0 Å². The van der Waals surface area contributed by atoms with E-state index in [1.165, 1.54) is 0 Å². The second-order valence-electron chi connectivity index (χ2n) is 5.53. The summed E-state index contributed by atoms with van der Waals surface area (Å²) in [5, 5.41) is 4.26. The summed E-state index contributed by atoms with van der Waals surface area (Å²) in [5.41, 5.74) is 1.14. The van der Waals surface area contributed by atoms with Crippen molar-refractivity contribution in [1.82, 2.24) is 5.32 Å². The van der Waals surface area contributed by atoms with Crippen molar-refractivity contribution in [3.63, 3.8) is 0 Å². The maximum absolute atomic E-state index is 12.7. The van der Waals surface area contributed by atoms with Crippen LogP contribution in [-0.2, 0) is 9.59 Å². The van der Waals surface area contributed by atoms with Crippen LogP contribution < -0.4 is 15.5 Å². The van der Waals surface area contributed by atoms with Gasteiger partial charge in [-0.05, 0) is 25.1 Å². The van der Waals surface area contributed by atoms with Gasteiger partial charge in [-0.2, -0.15) is 0 Å². The minimum atomic E-state index is -0.955. The van der Waals surface area contributed by atoms with Crippen molar-refractivity contribution in [2.45, 2.75) is 25.8 Å². The smallest absolute Gasteiger partial charge is 0.314 e. The molecule has 22 heavy (non-hydrogen) atoms. The van der Waals surface area contributed by atoms with Crippen molar-refractivity contribution in [1.29, 1.82) is 0 Å². The standard InChI is InChI=1S/C16H17N3O3/c1-2-12(17-10-8-9-10)13-14(20)18-16(22)19(15(13)21)11-6-4-3-5-7-11/h2-7,10,13,17H,8-9H2,1H3,(H,18,20,22)/p+1/b12-2+/t13-/m0/s1. The molecule has 0 unspecified atom stereocenters. The molecule has 1 atom stereocenters. The lowest BCUT2D eigenvalue weighted by molar-refractivity contribution is -0.624. The average molecular weight is 300 g/mol. The van der Waals surface area contributed by atoms with E-state index >= 15 is 0 Å².